The third-order valence-corrected chi connectivity index (χ3v) is 4.44. The highest BCUT2D eigenvalue weighted by atomic mass is 16.3. The van der Waals surface area contributed by atoms with Crippen molar-refractivity contribution in [1.29, 1.82) is 0 Å². The summed E-state index contributed by atoms with van der Waals surface area (Å²) in [4.78, 5) is 13.7. The van der Waals surface area contributed by atoms with Gasteiger partial charge in [0.1, 0.15) is 12.1 Å². The molecule has 124 valence electrons. The predicted molar refractivity (Wildman–Crippen MR) is 93.8 cm³/mol. The normalized spacial score (nSPS) is 20.2. The Bertz CT molecular complexity index is 695. The first-order valence-electron chi connectivity index (χ1n) is 8.27. The number of aliphatic hydroxyl groups is 1. The summed E-state index contributed by atoms with van der Waals surface area (Å²) in [6, 6.07) is 6.61. The van der Waals surface area contributed by atoms with Crippen molar-refractivity contribution in [2.45, 2.75) is 39.3 Å². The number of aromatic nitrogens is 2. The molecule has 1 aromatic carbocycles. The van der Waals surface area contributed by atoms with Crippen LogP contribution in [0.15, 0.2) is 24.5 Å². The van der Waals surface area contributed by atoms with Crippen LogP contribution in [0.25, 0.3) is 10.9 Å². The van der Waals surface area contributed by atoms with E-state index in [1.165, 1.54) is 5.56 Å². The molecule has 0 saturated carbocycles. The Hall–Kier alpha value is -1.72. The fraction of sp³-hybridized carbons (Fsp3) is 0.556. The molecule has 1 aliphatic heterocycles. The Morgan fingerprint density at radius 1 is 1.26 bits per heavy atom. The second-order valence-electron chi connectivity index (χ2n) is 7.26. The molecule has 0 radical (unpaired) electrons. The molecule has 1 saturated heterocycles. The predicted octanol–water partition coefficient (Wildman–Crippen LogP) is 2.22. The number of aryl methyl sites for hydroxylation is 1. The van der Waals surface area contributed by atoms with Gasteiger partial charge in [-0.3, -0.25) is 4.90 Å². The van der Waals surface area contributed by atoms with Gasteiger partial charge >= 0.3 is 0 Å². The van der Waals surface area contributed by atoms with E-state index in [1.54, 1.807) is 6.33 Å². The summed E-state index contributed by atoms with van der Waals surface area (Å²) in [6.07, 6.45) is 1.67. The Morgan fingerprint density at radius 3 is 2.74 bits per heavy atom. The lowest BCUT2D eigenvalue weighted by Crippen LogP contribution is -2.55. The topological polar surface area (TPSA) is 52.5 Å². The van der Waals surface area contributed by atoms with Crippen LogP contribution in [0, 0.1) is 6.92 Å². The lowest BCUT2D eigenvalue weighted by atomic mass is 10.1. The molecule has 5 nitrogen and oxygen atoms in total. The van der Waals surface area contributed by atoms with E-state index in [2.05, 4.69) is 51.8 Å². The molecule has 5 heteroatoms. The first kappa shape index (κ1) is 16.1. The summed E-state index contributed by atoms with van der Waals surface area (Å²) >= 11 is 0. The Morgan fingerprint density at radius 2 is 2.04 bits per heavy atom. The van der Waals surface area contributed by atoms with Crippen molar-refractivity contribution in [2.75, 3.05) is 31.1 Å². The zero-order valence-electron chi connectivity index (χ0n) is 14.5. The number of benzene rings is 1. The zero-order valence-corrected chi connectivity index (χ0v) is 14.5. The molecule has 0 spiro atoms. The highest BCUT2D eigenvalue weighted by molar-refractivity contribution is 5.91. The van der Waals surface area contributed by atoms with Gasteiger partial charge in [-0.1, -0.05) is 12.1 Å². The van der Waals surface area contributed by atoms with Crippen LogP contribution in [-0.2, 0) is 0 Å². The van der Waals surface area contributed by atoms with Crippen molar-refractivity contribution in [3.8, 4) is 0 Å². The molecule has 0 amide bonds. The fourth-order valence-corrected chi connectivity index (χ4v) is 3.49. The first-order valence-corrected chi connectivity index (χ1v) is 8.27. The second kappa shape index (κ2) is 6.06. The lowest BCUT2D eigenvalue weighted by Gasteiger charge is -2.42. The largest absolute Gasteiger partial charge is 0.389 e. The monoisotopic (exact) mass is 314 g/mol. The van der Waals surface area contributed by atoms with Crippen LogP contribution in [0.2, 0.25) is 0 Å². The third-order valence-electron chi connectivity index (χ3n) is 4.44. The number of nitrogens with zero attached hydrogens (tertiary/aromatic N) is 4. The Balaban J connectivity index is 1.85. The van der Waals surface area contributed by atoms with E-state index < -0.39 is 5.60 Å². The summed E-state index contributed by atoms with van der Waals surface area (Å²) in [5, 5.41) is 11.2. The molecular formula is C18H26N4O. The van der Waals surface area contributed by atoms with E-state index in [0.29, 0.717) is 12.6 Å². The van der Waals surface area contributed by atoms with Crippen LogP contribution < -0.4 is 4.90 Å². The van der Waals surface area contributed by atoms with Crippen molar-refractivity contribution < 1.29 is 5.11 Å². The van der Waals surface area contributed by atoms with Crippen LogP contribution in [0.3, 0.4) is 0 Å². The summed E-state index contributed by atoms with van der Waals surface area (Å²) in [6.45, 7) is 11.5. The van der Waals surface area contributed by atoms with Gasteiger partial charge in [0.15, 0.2) is 0 Å². The van der Waals surface area contributed by atoms with Crippen LogP contribution in [-0.4, -0.2) is 57.8 Å². The highest BCUT2D eigenvalue weighted by Gasteiger charge is 2.28. The average Bonchev–Trinajstić information content (AvgIpc) is 2.46. The van der Waals surface area contributed by atoms with Crippen LogP contribution >= 0.6 is 0 Å². The van der Waals surface area contributed by atoms with Crippen LogP contribution in [0.5, 0.6) is 0 Å². The molecule has 1 aromatic heterocycles. The van der Waals surface area contributed by atoms with Crippen molar-refractivity contribution in [1.82, 2.24) is 14.9 Å². The number of anilines is 1. The minimum absolute atomic E-state index is 0.352. The van der Waals surface area contributed by atoms with E-state index in [0.717, 1.165) is 36.4 Å². The first-order chi connectivity index (χ1) is 10.8. The molecule has 0 bridgehead atoms. The van der Waals surface area contributed by atoms with E-state index >= 15 is 0 Å². The van der Waals surface area contributed by atoms with Gasteiger partial charge in [-0.15, -0.1) is 0 Å². The van der Waals surface area contributed by atoms with Crippen LogP contribution in [0.1, 0.15) is 26.3 Å². The molecule has 3 rings (SSSR count). The minimum Gasteiger partial charge on any atom is -0.389 e. The summed E-state index contributed by atoms with van der Waals surface area (Å²) in [7, 11) is 0. The lowest BCUT2D eigenvalue weighted by molar-refractivity contribution is 0.0307. The summed E-state index contributed by atoms with van der Waals surface area (Å²) in [5.41, 5.74) is 1.56. The highest BCUT2D eigenvalue weighted by Crippen LogP contribution is 2.27. The molecule has 0 aliphatic carbocycles. The van der Waals surface area contributed by atoms with E-state index in [1.807, 2.05) is 13.8 Å². The molecule has 1 unspecified atom stereocenters. The summed E-state index contributed by atoms with van der Waals surface area (Å²) in [5.74, 6) is 1.02. The standard InChI is InChI=1S/C18H26N4O/c1-13-6-5-7-15-16(13)19-12-20-17(15)22-9-8-21(10-14(22)2)11-18(3,4)23/h5-7,12,14,23H,8-11H2,1-4H3. The fourth-order valence-electron chi connectivity index (χ4n) is 3.49. The van der Waals surface area contributed by atoms with Crippen molar-refractivity contribution in [3.63, 3.8) is 0 Å². The molecule has 1 aliphatic rings. The zero-order chi connectivity index (χ0) is 16.6. The Labute approximate surface area is 138 Å². The van der Waals surface area contributed by atoms with E-state index in [-0.39, 0.29) is 0 Å². The maximum Gasteiger partial charge on any atom is 0.140 e. The number of fused-ring (bicyclic) bond motifs is 1. The van der Waals surface area contributed by atoms with Gasteiger partial charge in [0.05, 0.1) is 11.1 Å². The SMILES string of the molecule is Cc1cccc2c(N3CCN(CC(C)(C)O)CC3C)ncnc12. The molecule has 1 atom stereocenters. The van der Waals surface area contributed by atoms with Gasteiger partial charge in [-0.25, -0.2) is 9.97 Å². The van der Waals surface area contributed by atoms with Gasteiger partial charge in [-0.2, -0.15) is 0 Å². The van der Waals surface area contributed by atoms with Gasteiger partial charge in [0.2, 0.25) is 0 Å². The van der Waals surface area contributed by atoms with Crippen molar-refractivity contribution >= 4 is 16.7 Å². The van der Waals surface area contributed by atoms with Gasteiger partial charge in [-0.05, 0) is 39.3 Å². The van der Waals surface area contributed by atoms with Crippen LogP contribution in [0.4, 0.5) is 5.82 Å². The molecule has 2 aromatic rings. The molecule has 23 heavy (non-hydrogen) atoms. The average molecular weight is 314 g/mol. The molecular weight excluding hydrogens is 288 g/mol. The van der Waals surface area contributed by atoms with Crippen molar-refractivity contribution in [3.05, 3.63) is 30.1 Å². The number of piperazine rings is 1. The Kier molecular flexibility index (Phi) is 4.25. The number of rotatable bonds is 3. The van der Waals surface area contributed by atoms with Gasteiger partial charge in [0.25, 0.3) is 0 Å². The smallest absolute Gasteiger partial charge is 0.140 e. The third kappa shape index (κ3) is 3.46. The number of hydrogen-bond acceptors (Lipinski definition) is 5. The minimum atomic E-state index is -0.652. The maximum atomic E-state index is 10.0. The second-order valence-corrected chi connectivity index (χ2v) is 7.26. The van der Waals surface area contributed by atoms with E-state index in [4.69, 9.17) is 0 Å². The van der Waals surface area contributed by atoms with Gasteiger partial charge < -0.3 is 10.0 Å². The molecule has 2 heterocycles. The number of para-hydroxylation sites is 1. The number of hydrogen-bond donors (Lipinski definition) is 1. The quantitative estimate of drug-likeness (QED) is 0.941. The van der Waals surface area contributed by atoms with Crippen molar-refractivity contribution in [2.24, 2.45) is 0 Å². The maximum absolute atomic E-state index is 10.0. The number of β-amino-alcohol motifs (C(OH)–C–C–N with tert-alkyl or cyclic N) is 1. The molecule has 1 fully saturated rings. The molecule has 1 N–H and O–H groups in total. The van der Waals surface area contributed by atoms with E-state index in [9.17, 15) is 5.11 Å². The van der Waals surface area contributed by atoms with Gasteiger partial charge in [0, 0.05) is 37.6 Å². The summed E-state index contributed by atoms with van der Waals surface area (Å²) < 4.78 is 0.